The molecule has 0 atom stereocenters. The third kappa shape index (κ3) is 2.07. The van der Waals surface area contributed by atoms with Gasteiger partial charge in [0.15, 0.2) is 11.5 Å². The van der Waals surface area contributed by atoms with E-state index in [0.717, 1.165) is 29.9 Å². The van der Waals surface area contributed by atoms with Crippen LogP contribution >= 0.6 is 0 Å². The first-order valence-electron chi connectivity index (χ1n) is 5.11. The molecule has 0 aliphatic heterocycles. The van der Waals surface area contributed by atoms with E-state index in [1.807, 2.05) is 18.2 Å². The first kappa shape index (κ1) is 10.3. The van der Waals surface area contributed by atoms with Crippen LogP contribution in [0.25, 0.3) is 0 Å². The van der Waals surface area contributed by atoms with E-state index in [1.54, 1.807) is 14.2 Å². The number of methoxy groups -OCH3 is 2. The van der Waals surface area contributed by atoms with Crippen LogP contribution in [-0.4, -0.2) is 24.9 Å². The van der Waals surface area contributed by atoms with Gasteiger partial charge in [-0.3, -0.25) is 0 Å². The van der Waals surface area contributed by atoms with Crippen LogP contribution in [0.3, 0.4) is 0 Å². The number of benzene rings is 1. The molecule has 0 saturated heterocycles. The fraction of sp³-hybridized carbons (Fsp3) is 0.500. The van der Waals surface area contributed by atoms with Crippen LogP contribution < -0.4 is 9.47 Å². The molecule has 1 aromatic rings. The lowest BCUT2D eigenvalue weighted by atomic mass is 10.1. The Labute approximate surface area is 89.6 Å². The van der Waals surface area contributed by atoms with Crippen LogP contribution in [-0.2, 0) is 6.42 Å². The third-order valence-electron chi connectivity index (χ3n) is 2.83. The van der Waals surface area contributed by atoms with Crippen molar-refractivity contribution < 1.29 is 14.6 Å². The zero-order valence-corrected chi connectivity index (χ0v) is 9.12. The Morgan fingerprint density at radius 3 is 2.53 bits per heavy atom. The van der Waals surface area contributed by atoms with E-state index in [9.17, 15) is 5.11 Å². The summed E-state index contributed by atoms with van der Waals surface area (Å²) in [5.41, 5.74) is 0.511. The van der Waals surface area contributed by atoms with Gasteiger partial charge in [-0.2, -0.15) is 0 Å². The number of para-hydroxylation sites is 1. The average molecular weight is 208 g/mol. The summed E-state index contributed by atoms with van der Waals surface area (Å²) in [4.78, 5) is 0. The molecule has 0 radical (unpaired) electrons. The Kier molecular flexibility index (Phi) is 2.57. The molecule has 0 spiro atoms. The standard InChI is InChI=1S/C12H16O3/c1-14-10-5-3-4-9(11(10)15-2)8-12(13)6-7-12/h3-5,13H,6-8H2,1-2H3. The minimum atomic E-state index is -0.500. The molecule has 3 nitrogen and oxygen atoms in total. The maximum Gasteiger partial charge on any atom is 0.164 e. The van der Waals surface area contributed by atoms with E-state index in [1.165, 1.54) is 0 Å². The van der Waals surface area contributed by atoms with Crippen LogP contribution in [0, 0.1) is 0 Å². The van der Waals surface area contributed by atoms with Gasteiger partial charge >= 0.3 is 0 Å². The minimum absolute atomic E-state index is 0.500. The monoisotopic (exact) mass is 208 g/mol. The predicted molar refractivity (Wildman–Crippen MR) is 57.4 cm³/mol. The maximum atomic E-state index is 9.87. The Hall–Kier alpha value is -1.22. The zero-order valence-electron chi connectivity index (χ0n) is 9.12. The van der Waals surface area contributed by atoms with E-state index >= 15 is 0 Å². The fourth-order valence-corrected chi connectivity index (χ4v) is 1.77. The van der Waals surface area contributed by atoms with Crippen molar-refractivity contribution in [1.82, 2.24) is 0 Å². The normalized spacial score (nSPS) is 17.3. The Balaban J connectivity index is 2.28. The Morgan fingerprint density at radius 2 is 2.00 bits per heavy atom. The maximum absolute atomic E-state index is 9.87. The lowest BCUT2D eigenvalue weighted by Gasteiger charge is -2.14. The van der Waals surface area contributed by atoms with Gasteiger partial charge in [0.1, 0.15) is 0 Å². The third-order valence-corrected chi connectivity index (χ3v) is 2.83. The molecule has 1 N–H and O–H groups in total. The highest BCUT2D eigenvalue weighted by molar-refractivity contribution is 5.47. The van der Waals surface area contributed by atoms with Crippen molar-refractivity contribution in [3.63, 3.8) is 0 Å². The number of hydrogen-bond acceptors (Lipinski definition) is 3. The Bertz CT molecular complexity index is 356. The van der Waals surface area contributed by atoms with Gasteiger partial charge in [-0.15, -0.1) is 0 Å². The lowest BCUT2D eigenvalue weighted by Crippen LogP contribution is -2.11. The van der Waals surface area contributed by atoms with Gasteiger partial charge in [0.25, 0.3) is 0 Å². The van der Waals surface area contributed by atoms with Gasteiger partial charge < -0.3 is 14.6 Å². The van der Waals surface area contributed by atoms with Crippen LogP contribution in [0.4, 0.5) is 0 Å². The summed E-state index contributed by atoms with van der Waals surface area (Å²) >= 11 is 0. The minimum Gasteiger partial charge on any atom is -0.493 e. The highest BCUT2D eigenvalue weighted by Gasteiger charge is 2.41. The van der Waals surface area contributed by atoms with Crippen molar-refractivity contribution in [2.45, 2.75) is 24.9 Å². The molecule has 0 unspecified atom stereocenters. The smallest absolute Gasteiger partial charge is 0.164 e. The highest BCUT2D eigenvalue weighted by atomic mass is 16.5. The number of hydrogen-bond donors (Lipinski definition) is 1. The molecule has 1 fully saturated rings. The molecule has 0 aromatic heterocycles. The molecule has 82 valence electrons. The largest absolute Gasteiger partial charge is 0.493 e. The molecule has 1 aromatic carbocycles. The topological polar surface area (TPSA) is 38.7 Å². The molecule has 1 aliphatic carbocycles. The molecule has 2 rings (SSSR count). The van der Waals surface area contributed by atoms with E-state index in [4.69, 9.17) is 9.47 Å². The van der Waals surface area contributed by atoms with Crippen LogP contribution in [0.5, 0.6) is 11.5 Å². The summed E-state index contributed by atoms with van der Waals surface area (Å²) in [6.45, 7) is 0. The number of rotatable bonds is 4. The van der Waals surface area contributed by atoms with E-state index in [0.29, 0.717) is 6.42 Å². The van der Waals surface area contributed by atoms with Gasteiger partial charge in [0, 0.05) is 12.0 Å². The molecule has 0 bridgehead atoms. The highest BCUT2D eigenvalue weighted by Crippen LogP contribution is 2.42. The molecule has 1 aliphatic rings. The second-order valence-electron chi connectivity index (χ2n) is 4.05. The van der Waals surface area contributed by atoms with E-state index in [2.05, 4.69) is 0 Å². The molecular formula is C12H16O3. The van der Waals surface area contributed by atoms with Crippen LogP contribution in [0.2, 0.25) is 0 Å². The first-order chi connectivity index (χ1) is 7.18. The second kappa shape index (κ2) is 3.74. The molecule has 15 heavy (non-hydrogen) atoms. The zero-order chi connectivity index (χ0) is 10.9. The van der Waals surface area contributed by atoms with E-state index in [-0.39, 0.29) is 0 Å². The molecular weight excluding hydrogens is 192 g/mol. The van der Waals surface area contributed by atoms with Crippen LogP contribution in [0.1, 0.15) is 18.4 Å². The van der Waals surface area contributed by atoms with Crippen molar-refractivity contribution in [3.05, 3.63) is 23.8 Å². The van der Waals surface area contributed by atoms with Crippen LogP contribution in [0.15, 0.2) is 18.2 Å². The second-order valence-corrected chi connectivity index (χ2v) is 4.05. The SMILES string of the molecule is COc1cccc(CC2(O)CC2)c1OC. The Morgan fingerprint density at radius 1 is 1.27 bits per heavy atom. The quantitative estimate of drug-likeness (QED) is 0.819. The summed E-state index contributed by atoms with van der Waals surface area (Å²) in [6.07, 6.45) is 2.41. The molecule has 3 heteroatoms. The summed E-state index contributed by atoms with van der Waals surface area (Å²) in [6, 6.07) is 5.75. The molecule has 0 heterocycles. The van der Waals surface area contributed by atoms with Gasteiger partial charge in [0.05, 0.1) is 19.8 Å². The summed E-state index contributed by atoms with van der Waals surface area (Å²) in [7, 11) is 3.24. The first-order valence-corrected chi connectivity index (χ1v) is 5.11. The van der Waals surface area contributed by atoms with E-state index < -0.39 is 5.60 Å². The summed E-state index contributed by atoms with van der Waals surface area (Å²) in [5.74, 6) is 1.46. The van der Waals surface area contributed by atoms with Gasteiger partial charge in [0.2, 0.25) is 0 Å². The predicted octanol–water partition coefficient (Wildman–Crippen LogP) is 1.77. The van der Waals surface area contributed by atoms with Crippen molar-refractivity contribution in [1.29, 1.82) is 0 Å². The van der Waals surface area contributed by atoms with Gasteiger partial charge in [-0.05, 0) is 18.9 Å². The summed E-state index contributed by atoms with van der Waals surface area (Å²) in [5, 5.41) is 9.87. The molecule has 0 amide bonds. The number of aliphatic hydroxyl groups is 1. The van der Waals surface area contributed by atoms with Crippen molar-refractivity contribution in [2.75, 3.05) is 14.2 Å². The van der Waals surface area contributed by atoms with Gasteiger partial charge in [-0.25, -0.2) is 0 Å². The fourth-order valence-electron chi connectivity index (χ4n) is 1.77. The molecule has 1 saturated carbocycles. The van der Waals surface area contributed by atoms with Crippen molar-refractivity contribution in [2.24, 2.45) is 0 Å². The summed E-state index contributed by atoms with van der Waals surface area (Å²) < 4.78 is 10.5. The lowest BCUT2D eigenvalue weighted by molar-refractivity contribution is 0.149. The average Bonchev–Trinajstić information content (AvgIpc) is 2.95. The van der Waals surface area contributed by atoms with Crippen molar-refractivity contribution in [3.8, 4) is 11.5 Å². The van der Waals surface area contributed by atoms with Crippen molar-refractivity contribution >= 4 is 0 Å². The van der Waals surface area contributed by atoms with Gasteiger partial charge in [-0.1, -0.05) is 12.1 Å². The number of ether oxygens (including phenoxy) is 2.